The van der Waals surface area contributed by atoms with Gasteiger partial charge in [-0.2, -0.15) is 4.39 Å². The summed E-state index contributed by atoms with van der Waals surface area (Å²) in [4.78, 5) is 10.1. The third-order valence-corrected chi connectivity index (χ3v) is 3.05. The zero-order chi connectivity index (χ0) is 13.8. The molecular formula is C12H17FN2O3. The van der Waals surface area contributed by atoms with E-state index in [0.29, 0.717) is 12.8 Å². The molecule has 0 aliphatic carbocycles. The van der Waals surface area contributed by atoms with Crippen LogP contribution in [-0.2, 0) is 0 Å². The molecule has 0 spiro atoms. The van der Waals surface area contributed by atoms with Crippen molar-refractivity contribution in [2.24, 2.45) is 0 Å². The number of halogens is 1. The molecule has 1 aromatic rings. The van der Waals surface area contributed by atoms with Crippen molar-refractivity contribution in [3.05, 3.63) is 34.1 Å². The summed E-state index contributed by atoms with van der Waals surface area (Å²) in [6.07, 6.45) is 1.08. The molecule has 6 heteroatoms. The van der Waals surface area contributed by atoms with Crippen LogP contribution in [-0.4, -0.2) is 22.2 Å². The van der Waals surface area contributed by atoms with Crippen LogP contribution in [0.1, 0.15) is 26.7 Å². The van der Waals surface area contributed by atoms with Crippen molar-refractivity contribution in [1.29, 1.82) is 0 Å². The van der Waals surface area contributed by atoms with Gasteiger partial charge in [0.05, 0.1) is 4.92 Å². The summed E-state index contributed by atoms with van der Waals surface area (Å²) in [6.45, 7) is 3.69. The van der Waals surface area contributed by atoms with Crippen LogP contribution < -0.4 is 5.32 Å². The molecule has 1 aromatic carbocycles. The third kappa shape index (κ3) is 3.16. The molecule has 0 radical (unpaired) electrons. The van der Waals surface area contributed by atoms with Crippen LogP contribution in [0.25, 0.3) is 0 Å². The number of nitro benzene ring substituents is 1. The van der Waals surface area contributed by atoms with Crippen LogP contribution in [0.15, 0.2) is 18.2 Å². The standard InChI is InChI=1S/C12H17FN2O3/c1-3-12(2,7-8-16)14-10-6-4-5-9(13)11(10)15(17)18/h4-6,14,16H,3,7-8H2,1-2H3. The molecule has 1 atom stereocenters. The van der Waals surface area contributed by atoms with Gasteiger partial charge in [-0.15, -0.1) is 0 Å². The van der Waals surface area contributed by atoms with Gasteiger partial charge in [-0.25, -0.2) is 0 Å². The van der Waals surface area contributed by atoms with Gasteiger partial charge in [0.15, 0.2) is 0 Å². The second kappa shape index (κ2) is 5.77. The highest BCUT2D eigenvalue weighted by atomic mass is 19.1. The molecule has 18 heavy (non-hydrogen) atoms. The highest BCUT2D eigenvalue weighted by Gasteiger charge is 2.27. The van der Waals surface area contributed by atoms with Crippen molar-refractivity contribution >= 4 is 11.4 Å². The molecule has 0 heterocycles. The number of rotatable bonds is 6. The van der Waals surface area contributed by atoms with Crippen molar-refractivity contribution < 1.29 is 14.4 Å². The number of hydrogen-bond donors (Lipinski definition) is 2. The lowest BCUT2D eigenvalue weighted by molar-refractivity contribution is -0.386. The molecule has 0 bridgehead atoms. The zero-order valence-corrected chi connectivity index (χ0v) is 10.4. The highest BCUT2D eigenvalue weighted by Crippen LogP contribution is 2.31. The van der Waals surface area contributed by atoms with E-state index in [1.165, 1.54) is 12.1 Å². The van der Waals surface area contributed by atoms with Crippen LogP contribution in [0.4, 0.5) is 15.8 Å². The van der Waals surface area contributed by atoms with Gasteiger partial charge in [-0.1, -0.05) is 13.0 Å². The molecule has 2 N–H and O–H groups in total. The van der Waals surface area contributed by atoms with E-state index in [2.05, 4.69) is 5.32 Å². The fraction of sp³-hybridized carbons (Fsp3) is 0.500. The van der Waals surface area contributed by atoms with E-state index < -0.39 is 22.0 Å². The first-order valence-corrected chi connectivity index (χ1v) is 5.75. The van der Waals surface area contributed by atoms with E-state index in [-0.39, 0.29) is 12.3 Å². The second-order valence-corrected chi connectivity index (χ2v) is 4.41. The molecule has 100 valence electrons. The Labute approximate surface area is 105 Å². The van der Waals surface area contributed by atoms with E-state index in [0.717, 1.165) is 6.07 Å². The van der Waals surface area contributed by atoms with E-state index in [4.69, 9.17) is 5.11 Å². The number of anilines is 1. The Morgan fingerprint density at radius 1 is 1.56 bits per heavy atom. The quantitative estimate of drug-likeness (QED) is 0.606. The predicted octanol–water partition coefficient (Wildman–Crippen LogP) is 2.70. The summed E-state index contributed by atoms with van der Waals surface area (Å²) < 4.78 is 13.4. The molecule has 0 fully saturated rings. The number of nitrogens with zero attached hydrogens (tertiary/aromatic N) is 1. The molecule has 1 unspecified atom stereocenters. The number of benzene rings is 1. The molecule has 0 saturated heterocycles. The molecule has 1 rings (SSSR count). The number of aliphatic hydroxyl groups excluding tert-OH is 1. The van der Waals surface area contributed by atoms with Crippen LogP contribution in [0, 0.1) is 15.9 Å². The number of nitro groups is 1. The summed E-state index contributed by atoms with van der Waals surface area (Å²) in [5.41, 5.74) is -0.930. The Hall–Kier alpha value is -1.69. The first-order valence-electron chi connectivity index (χ1n) is 5.75. The first kappa shape index (κ1) is 14.4. The van der Waals surface area contributed by atoms with Gasteiger partial charge < -0.3 is 10.4 Å². The monoisotopic (exact) mass is 256 g/mol. The average Bonchev–Trinajstić information content (AvgIpc) is 2.28. The molecule has 0 aliphatic rings. The average molecular weight is 256 g/mol. The molecule has 0 amide bonds. The van der Waals surface area contributed by atoms with E-state index >= 15 is 0 Å². The van der Waals surface area contributed by atoms with Crippen molar-refractivity contribution in [3.63, 3.8) is 0 Å². The smallest absolute Gasteiger partial charge is 0.327 e. The minimum Gasteiger partial charge on any atom is -0.396 e. The van der Waals surface area contributed by atoms with Crippen LogP contribution in [0.3, 0.4) is 0 Å². The molecule has 5 nitrogen and oxygen atoms in total. The SMILES string of the molecule is CCC(C)(CCO)Nc1cccc(F)c1[N+](=O)[O-]. The van der Waals surface area contributed by atoms with Crippen molar-refractivity contribution in [2.45, 2.75) is 32.2 Å². The summed E-state index contributed by atoms with van der Waals surface area (Å²) in [5, 5.41) is 22.8. The van der Waals surface area contributed by atoms with Gasteiger partial charge in [0.1, 0.15) is 5.69 Å². The molecule has 0 saturated carbocycles. The highest BCUT2D eigenvalue weighted by molar-refractivity contribution is 5.63. The van der Waals surface area contributed by atoms with Gasteiger partial charge in [-0.3, -0.25) is 10.1 Å². The Morgan fingerprint density at radius 3 is 2.72 bits per heavy atom. The lowest BCUT2D eigenvalue weighted by atomic mass is 9.94. The van der Waals surface area contributed by atoms with Crippen LogP contribution in [0.2, 0.25) is 0 Å². The van der Waals surface area contributed by atoms with E-state index in [9.17, 15) is 14.5 Å². The Morgan fingerprint density at radius 2 is 2.22 bits per heavy atom. The summed E-state index contributed by atoms with van der Waals surface area (Å²) in [6, 6.07) is 3.94. The lowest BCUT2D eigenvalue weighted by Crippen LogP contribution is -2.35. The lowest BCUT2D eigenvalue weighted by Gasteiger charge is -2.30. The summed E-state index contributed by atoms with van der Waals surface area (Å²) in [5.74, 6) is -0.868. The van der Waals surface area contributed by atoms with Crippen molar-refractivity contribution in [2.75, 3.05) is 11.9 Å². The van der Waals surface area contributed by atoms with Crippen molar-refractivity contribution in [1.82, 2.24) is 0 Å². The Balaban J connectivity index is 3.10. The number of para-hydroxylation sites is 1. The molecule has 0 aliphatic heterocycles. The molecule has 0 aromatic heterocycles. The van der Waals surface area contributed by atoms with Gasteiger partial charge >= 0.3 is 5.69 Å². The van der Waals surface area contributed by atoms with E-state index in [1.54, 1.807) is 0 Å². The topological polar surface area (TPSA) is 75.4 Å². The Kier molecular flexibility index (Phi) is 4.61. The Bertz CT molecular complexity index is 439. The number of aliphatic hydroxyl groups is 1. The minimum absolute atomic E-state index is 0.0412. The largest absolute Gasteiger partial charge is 0.396 e. The fourth-order valence-electron chi connectivity index (χ4n) is 1.70. The third-order valence-electron chi connectivity index (χ3n) is 3.05. The fourth-order valence-corrected chi connectivity index (χ4v) is 1.70. The maximum Gasteiger partial charge on any atom is 0.327 e. The maximum atomic E-state index is 13.4. The van der Waals surface area contributed by atoms with Crippen molar-refractivity contribution in [3.8, 4) is 0 Å². The normalized spacial score (nSPS) is 14.0. The summed E-state index contributed by atoms with van der Waals surface area (Å²) >= 11 is 0. The van der Waals surface area contributed by atoms with Gasteiger partial charge in [0, 0.05) is 12.1 Å². The van der Waals surface area contributed by atoms with Crippen LogP contribution in [0.5, 0.6) is 0 Å². The number of nitrogens with one attached hydrogen (secondary N) is 1. The predicted molar refractivity (Wildman–Crippen MR) is 67.1 cm³/mol. The minimum atomic E-state index is -0.868. The zero-order valence-electron chi connectivity index (χ0n) is 10.4. The number of hydrogen-bond acceptors (Lipinski definition) is 4. The van der Waals surface area contributed by atoms with E-state index in [1.807, 2.05) is 13.8 Å². The molecular weight excluding hydrogens is 239 g/mol. The second-order valence-electron chi connectivity index (χ2n) is 4.41. The van der Waals surface area contributed by atoms with Gasteiger partial charge in [0.2, 0.25) is 5.82 Å². The summed E-state index contributed by atoms with van der Waals surface area (Å²) in [7, 11) is 0. The van der Waals surface area contributed by atoms with Gasteiger partial charge in [-0.05, 0) is 31.9 Å². The van der Waals surface area contributed by atoms with Gasteiger partial charge in [0.25, 0.3) is 0 Å². The maximum absolute atomic E-state index is 13.4. The first-order chi connectivity index (χ1) is 8.43. The van der Waals surface area contributed by atoms with Crippen LogP contribution >= 0.6 is 0 Å².